The molecule has 0 aromatic carbocycles. The van der Waals surface area contributed by atoms with Gasteiger partial charge in [-0.3, -0.25) is 9.67 Å². The van der Waals surface area contributed by atoms with Crippen molar-refractivity contribution in [1.29, 1.82) is 0 Å². The maximum atomic E-state index is 5.76. The minimum absolute atomic E-state index is 0.0102. The van der Waals surface area contributed by atoms with Gasteiger partial charge in [0.15, 0.2) is 11.5 Å². The van der Waals surface area contributed by atoms with Crippen molar-refractivity contribution in [1.82, 2.24) is 24.7 Å². The number of hydrogen-bond acceptors (Lipinski definition) is 7. The lowest BCUT2D eigenvalue weighted by molar-refractivity contribution is 0.0478. The number of nitrogens with one attached hydrogen (secondary N) is 1. The van der Waals surface area contributed by atoms with Crippen LogP contribution in [0.2, 0.25) is 0 Å². The first-order chi connectivity index (χ1) is 12.3. The lowest BCUT2D eigenvalue weighted by Gasteiger charge is -2.20. The molecule has 0 unspecified atom stereocenters. The average Bonchev–Trinajstić information content (AvgIpc) is 3.23. The molecule has 3 aromatic heterocycles. The van der Waals surface area contributed by atoms with Crippen LogP contribution in [0.25, 0.3) is 22.4 Å². The second kappa shape index (κ2) is 6.73. The fourth-order valence-electron chi connectivity index (χ4n) is 2.99. The number of anilines is 1. The molecule has 1 aliphatic rings. The second-order valence-electron chi connectivity index (χ2n) is 5.92. The summed E-state index contributed by atoms with van der Waals surface area (Å²) in [6, 6.07) is 3.83. The van der Waals surface area contributed by atoms with Crippen molar-refractivity contribution in [3.8, 4) is 11.4 Å². The lowest BCUT2D eigenvalue weighted by atomic mass is 10.2. The van der Waals surface area contributed by atoms with Gasteiger partial charge >= 0.3 is 0 Å². The third-order valence-electron chi connectivity index (χ3n) is 4.26. The van der Waals surface area contributed by atoms with E-state index in [9.17, 15) is 0 Å². The van der Waals surface area contributed by atoms with Crippen LogP contribution in [0, 0.1) is 0 Å². The first-order valence-electron chi connectivity index (χ1n) is 8.32. The van der Waals surface area contributed by atoms with Gasteiger partial charge < -0.3 is 14.8 Å². The van der Waals surface area contributed by atoms with Crippen LogP contribution in [-0.2, 0) is 16.5 Å². The zero-order valence-corrected chi connectivity index (χ0v) is 14.2. The van der Waals surface area contributed by atoms with Crippen molar-refractivity contribution in [2.24, 2.45) is 7.05 Å². The predicted octanol–water partition coefficient (Wildman–Crippen LogP) is 1.64. The van der Waals surface area contributed by atoms with E-state index < -0.39 is 0 Å². The van der Waals surface area contributed by atoms with Gasteiger partial charge in [0.2, 0.25) is 0 Å². The number of nitrogens with zero attached hydrogens (tertiary/aromatic N) is 5. The molecule has 2 atom stereocenters. The Kier molecular flexibility index (Phi) is 4.29. The molecule has 3 aromatic rings. The Morgan fingerprint density at radius 3 is 2.92 bits per heavy atom. The number of pyridine rings is 1. The molecule has 4 heterocycles. The van der Waals surface area contributed by atoms with Gasteiger partial charge in [0.25, 0.3) is 0 Å². The highest BCUT2D eigenvalue weighted by Gasteiger charge is 2.30. The van der Waals surface area contributed by atoms with Crippen molar-refractivity contribution >= 4 is 16.9 Å². The second-order valence-corrected chi connectivity index (χ2v) is 5.92. The molecule has 1 aliphatic heterocycles. The van der Waals surface area contributed by atoms with E-state index in [1.54, 1.807) is 23.3 Å². The van der Waals surface area contributed by atoms with Crippen LogP contribution in [0.15, 0.2) is 30.7 Å². The van der Waals surface area contributed by atoms with E-state index in [1.165, 1.54) is 0 Å². The zero-order valence-electron chi connectivity index (χ0n) is 14.2. The molecular weight excluding hydrogens is 320 g/mol. The number of fused-ring (bicyclic) bond motifs is 1. The summed E-state index contributed by atoms with van der Waals surface area (Å²) < 4.78 is 13.1. The molecule has 1 saturated heterocycles. The van der Waals surface area contributed by atoms with Gasteiger partial charge in [-0.2, -0.15) is 5.10 Å². The Labute approximate surface area is 145 Å². The van der Waals surface area contributed by atoms with Crippen LogP contribution < -0.4 is 5.32 Å². The highest BCUT2D eigenvalue weighted by Crippen LogP contribution is 2.26. The largest absolute Gasteiger partial charge is 0.376 e. The Morgan fingerprint density at radius 2 is 2.12 bits per heavy atom. The van der Waals surface area contributed by atoms with Gasteiger partial charge in [-0.05, 0) is 19.1 Å². The molecule has 0 bridgehead atoms. The van der Waals surface area contributed by atoms with E-state index in [0.717, 1.165) is 22.4 Å². The van der Waals surface area contributed by atoms with E-state index in [4.69, 9.17) is 14.5 Å². The number of hydrogen-bond donors (Lipinski definition) is 1. The van der Waals surface area contributed by atoms with Crippen LogP contribution in [-0.4, -0.2) is 56.7 Å². The number of ether oxygens (including phenoxy) is 2. The molecule has 0 radical (unpaired) electrons. The Hall–Kier alpha value is -2.58. The molecule has 4 rings (SSSR count). The number of aromatic nitrogens is 5. The standard InChI is InChI=1S/C17H20N6O2/c1-3-25-14-10-24-9-13(14)20-16-12-8-19-23(2)17(12)22-15(21-16)11-4-6-18-7-5-11/h4-8,13-14H,3,9-10H2,1-2H3,(H,20,21,22)/t13-,14-/m0/s1. The summed E-state index contributed by atoms with van der Waals surface area (Å²) in [6.07, 6.45) is 5.25. The maximum absolute atomic E-state index is 5.76. The van der Waals surface area contributed by atoms with Gasteiger partial charge in [-0.15, -0.1) is 0 Å². The molecule has 25 heavy (non-hydrogen) atoms. The smallest absolute Gasteiger partial charge is 0.164 e. The lowest BCUT2D eigenvalue weighted by Crippen LogP contribution is -2.34. The molecule has 0 aliphatic carbocycles. The molecule has 1 fully saturated rings. The van der Waals surface area contributed by atoms with Gasteiger partial charge in [0.1, 0.15) is 11.9 Å². The van der Waals surface area contributed by atoms with E-state index in [-0.39, 0.29) is 12.1 Å². The van der Waals surface area contributed by atoms with Crippen LogP contribution in [0.4, 0.5) is 5.82 Å². The minimum Gasteiger partial charge on any atom is -0.376 e. The first-order valence-corrected chi connectivity index (χ1v) is 8.32. The minimum atomic E-state index is 0.0102. The molecule has 8 nitrogen and oxygen atoms in total. The zero-order chi connectivity index (χ0) is 17.2. The molecule has 0 saturated carbocycles. The summed E-state index contributed by atoms with van der Waals surface area (Å²) in [5.74, 6) is 1.37. The predicted molar refractivity (Wildman–Crippen MR) is 93.2 cm³/mol. The van der Waals surface area contributed by atoms with Crippen molar-refractivity contribution in [3.63, 3.8) is 0 Å². The monoisotopic (exact) mass is 340 g/mol. The highest BCUT2D eigenvalue weighted by molar-refractivity contribution is 5.88. The summed E-state index contributed by atoms with van der Waals surface area (Å²) in [4.78, 5) is 13.4. The summed E-state index contributed by atoms with van der Waals surface area (Å²) in [7, 11) is 1.87. The van der Waals surface area contributed by atoms with Gasteiger partial charge in [-0.25, -0.2) is 9.97 Å². The summed E-state index contributed by atoms with van der Waals surface area (Å²) >= 11 is 0. The van der Waals surface area contributed by atoms with Crippen molar-refractivity contribution in [2.45, 2.75) is 19.1 Å². The molecular formula is C17H20N6O2. The first kappa shape index (κ1) is 15.9. The van der Waals surface area contributed by atoms with E-state index in [0.29, 0.717) is 25.6 Å². The van der Waals surface area contributed by atoms with Crippen molar-refractivity contribution in [3.05, 3.63) is 30.7 Å². The normalized spacial score (nSPS) is 20.2. The van der Waals surface area contributed by atoms with Gasteiger partial charge in [-0.1, -0.05) is 0 Å². The molecule has 8 heteroatoms. The van der Waals surface area contributed by atoms with E-state index in [1.807, 2.05) is 26.1 Å². The van der Waals surface area contributed by atoms with Gasteiger partial charge in [0.05, 0.1) is 30.8 Å². The van der Waals surface area contributed by atoms with Crippen molar-refractivity contribution in [2.75, 3.05) is 25.1 Å². The SMILES string of the molecule is CCO[C@H]1COC[C@@H]1Nc1nc(-c2ccncc2)nc2c1cnn2C. The van der Waals surface area contributed by atoms with Crippen LogP contribution >= 0.6 is 0 Å². The van der Waals surface area contributed by atoms with Crippen LogP contribution in [0.5, 0.6) is 0 Å². The fraction of sp³-hybridized carbons (Fsp3) is 0.412. The summed E-state index contributed by atoms with van der Waals surface area (Å²) in [5.41, 5.74) is 1.68. The van der Waals surface area contributed by atoms with Gasteiger partial charge in [0, 0.05) is 31.6 Å². The molecule has 1 N–H and O–H groups in total. The quantitative estimate of drug-likeness (QED) is 0.755. The van der Waals surface area contributed by atoms with E-state index >= 15 is 0 Å². The average molecular weight is 340 g/mol. The third kappa shape index (κ3) is 3.06. The molecule has 130 valence electrons. The Morgan fingerprint density at radius 1 is 1.28 bits per heavy atom. The Balaban J connectivity index is 1.74. The fourth-order valence-corrected chi connectivity index (χ4v) is 2.99. The maximum Gasteiger partial charge on any atom is 0.164 e. The number of rotatable bonds is 5. The molecule has 0 amide bonds. The number of aryl methyl sites for hydroxylation is 1. The summed E-state index contributed by atoms with van der Waals surface area (Å²) in [6.45, 7) is 3.81. The van der Waals surface area contributed by atoms with Crippen LogP contribution in [0.1, 0.15) is 6.92 Å². The van der Waals surface area contributed by atoms with Crippen LogP contribution in [0.3, 0.4) is 0 Å². The third-order valence-corrected chi connectivity index (χ3v) is 4.26. The van der Waals surface area contributed by atoms with Crippen molar-refractivity contribution < 1.29 is 9.47 Å². The highest BCUT2D eigenvalue weighted by atomic mass is 16.5. The van der Waals surface area contributed by atoms with E-state index in [2.05, 4.69) is 20.4 Å². The Bertz CT molecular complexity index is 866. The summed E-state index contributed by atoms with van der Waals surface area (Å²) in [5, 5.41) is 8.67. The molecule has 0 spiro atoms. The topological polar surface area (TPSA) is 87.0 Å².